The van der Waals surface area contributed by atoms with Crippen molar-refractivity contribution < 1.29 is 5.11 Å². The number of thiazole rings is 1. The average molecular weight is 480 g/mol. The second-order valence-electron chi connectivity index (χ2n) is 8.63. The fourth-order valence-electron chi connectivity index (χ4n) is 4.22. The molecular formula is C25H29N5OS2. The number of anilines is 2. The number of rotatable bonds is 8. The first-order valence-electron chi connectivity index (χ1n) is 11.4. The van der Waals surface area contributed by atoms with Gasteiger partial charge in [0.05, 0.1) is 15.9 Å². The van der Waals surface area contributed by atoms with Crippen LogP contribution in [0.25, 0.3) is 20.8 Å². The minimum atomic E-state index is -0.649. The number of benzene rings is 1. The summed E-state index contributed by atoms with van der Waals surface area (Å²) >= 11 is 3.50. The molecule has 0 spiro atoms. The molecule has 3 N–H and O–H groups in total. The number of nitrogens with zero attached hydrogens (tertiary/aromatic N) is 3. The van der Waals surface area contributed by atoms with Gasteiger partial charge in [-0.25, -0.2) is 4.98 Å². The highest BCUT2D eigenvalue weighted by molar-refractivity contribution is 7.22. The molecular weight excluding hydrogens is 450 g/mol. The quantitative estimate of drug-likeness (QED) is 0.293. The van der Waals surface area contributed by atoms with Crippen LogP contribution < -0.4 is 10.6 Å². The van der Waals surface area contributed by atoms with Crippen molar-refractivity contribution in [1.82, 2.24) is 14.9 Å². The van der Waals surface area contributed by atoms with Gasteiger partial charge in [0.2, 0.25) is 0 Å². The summed E-state index contributed by atoms with van der Waals surface area (Å²) in [5.41, 5.74) is 4.56. The first kappa shape index (κ1) is 22.3. The van der Waals surface area contributed by atoms with Crippen LogP contribution in [0.4, 0.5) is 10.7 Å². The Balaban J connectivity index is 1.39. The molecule has 33 heavy (non-hydrogen) atoms. The standard InChI is InChI=1S/C25H29N5OS2/c1-16(2)30-13-10-18-21(15-30)33-25(23(18)24-28-19-7-3-4-8-20(19)32-24)29-22(31)9-12-27-17-6-5-11-26-14-17/h3-8,11,14,16,22,27,29,31H,9-10,12-13,15H2,1-2H3. The van der Waals surface area contributed by atoms with Crippen molar-refractivity contribution in [3.05, 3.63) is 59.2 Å². The maximum Gasteiger partial charge on any atom is 0.127 e. The van der Waals surface area contributed by atoms with Crippen LogP contribution in [-0.4, -0.2) is 45.3 Å². The second-order valence-corrected chi connectivity index (χ2v) is 10.8. The molecule has 172 valence electrons. The zero-order valence-corrected chi connectivity index (χ0v) is 20.5. The van der Waals surface area contributed by atoms with Crippen molar-refractivity contribution in [3.8, 4) is 10.6 Å². The van der Waals surface area contributed by atoms with Crippen LogP contribution in [-0.2, 0) is 13.0 Å². The lowest BCUT2D eigenvalue weighted by Crippen LogP contribution is -2.35. The van der Waals surface area contributed by atoms with Crippen LogP contribution in [0.3, 0.4) is 0 Å². The van der Waals surface area contributed by atoms with Crippen LogP contribution in [0.5, 0.6) is 0 Å². The highest BCUT2D eigenvalue weighted by Crippen LogP contribution is 2.46. The molecule has 1 unspecified atom stereocenters. The van der Waals surface area contributed by atoms with Crippen LogP contribution in [0.1, 0.15) is 30.7 Å². The average Bonchev–Trinajstić information content (AvgIpc) is 3.39. The Morgan fingerprint density at radius 2 is 2.03 bits per heavy atom. The number of aliphatic hydroxyl groups excluding tert-OH is 1. The fourth-order valence-corrected chi connectivity index (χ4v) is 6.65. The lowest BCUT2D eigenvalue weighted by atomic mass is 10.0. The molecule has 1 aromatic carbocycles. The molecule has 5 rings (SSSR count). The third-order valence-electron chi connectivity index (χ3n) is 6.03. The Labute approximate surface area is 202 Å². The zero-order chi connectivity index (χ0) is 22.8. The molecule has 1 aliphatic heterocycles. The third kappa shape index (κ3) is 4.89. The van der Waals surface area contributed by atoms with Crippen molar-refractivity contribution >= 4 is 43.6 Å². The van der Waals surface area contributed by atoms with Gasteiger partial charge in [-0.15, -0.1) is 22.7 Å². The minimum absolute atomic E-state index is 0.520. The smallest absolute Gasteiger partial charge is 0.127 e. The van der Waals surface area contributed by atoms with Gasteiger partial charge in [-0.1, -0.05) is 12.1 Å². The monoisotopic (exact) mass is 479 g/mol. The van der Waals surface area contributed by atoms with E-state index in [4.69, 9.17) is 4.98 Å². The van der Waals surface area contributed by atoms with E-state index in [1.54, 1.807) is 35.1 Å². The van der Waals surface area contributed by atoms with Crippen molar-refractivity contribution in [1.29, 1.82) is 0 Å². The molecule has 6 nitrogen and oxygen atoms in total. The first-order chi connectivity index (χ1) is 16.1. The minimum Gasteiger partial charge on any atom is -0.384 e. The van der Waals surface area contributed by atoms with E-state index in [9.17, 15) is 5.11 Å². The molecule has 3 aromatic heterocycles. The van der Waals surface area contributed by atoms with Gasteiger partial charge in [0.1, 0.15) is 16.2 Å². The molecule has 1 aliphatic rings. The number of hydrogen-bond donors (Lipinski definition) is 3. The van der Waals surface area contributed by atoms with Gasteiger partial charge < -0.3 is 15.7 Å². The number of aliphatic hydroxyl groups is 1. The van der Waals surface area contributed by atoms with Crippen LogP contribution >= 0.6 is 22.7 Å². The highest BCUT2D eigenvalue weighted by atomic mass is 32.1. The molecule has 0 radical (unpaired) electrons. The Morgan fingerprint density at radius 3 is 2.82 bits per heavy atom. The lowest BCUT2D eigenvalue weighted by Gasteiger charge is -2.30. The highest BCUT2D eigenvalue weighted by Gasteiger charge is 2.28. The third-order valence-corrected chi connectivity index (χ3v) is 8.23. The van der Waals surface area contributed by atoms with Gasteiger partial charge in [0.15, 0.2) is 0 Å². The van der Waals surface area contributed by atoms with E-state index in [1.165, 1.54) is 20.7 Å². The summed E-state index contributed by atoms with van der Waals surface area (Å²) in [6.07, 6.45) is 4.48. The summed E-state index contributed by atoms with van der Waals surface area (Å²) in [7, 11) is 0. The molecule has 4 aromatic rings. The van der Waals surface area contributed by atoms with Gasteiger partial charge in [-0.2, -0.15) is 0 Å². The van der Waals surface area contributed by atoms with Gasteiger partial charge in [0.25, 0.3) is 0 Å². The zero-order valence-electron chi connectivity index (χ0n) is 18.9. The molecule has 0 bridgehead atoms. The van der Waals surface area contributed by atoms with E-state index in [0.717, 1.165) is 40.7 Å². The molecule has 0 aliphatic carbocycles. The topological polar surface area (TPSA) is 73.3 Å². The molecule has 0 saturated carbocycles. The Morgan fingerprint density at radius 1 is 1.15 bits per heavy atom. The van der Waals surface area contributed by atoms with Crippen LogP contribution in [0, 0.1) is 0 Å². The fraction of sp³-hybridized carbons (Fsp3) is 0.360. The van der Waals surface area contributed by atoms with Gasteiger partial charge in [-0.05, 0) is 50.1 Å². The van der Waals surface area contributed by atoms with E-state index in [1.807, 2.05) is 18.2 Å². The molecule has 8 heteroatoms. The summed E-state index contributed by atoms with van der Waals surface area (Å²) in [4.78, 5) is 13.0. The van der Waals surface area contributed by atoms with Gasteiger partial charge >= 0.3 is 0 Å². The number of thiophene rings is 1. The maximum absolute atomic E-state index is 10.8. The summed E-state index contributed by atoms with van der Waals surface area (Å²) in [6, 6.07) is 12.7. The normalized spacial score (nSPS) is 15.0. The largest absolute Gasteiger partial charge is 0.384 e. The van der Waals surface area contributed by atoms with Crippen LogP contribution in [0.2, 0.25) is 0 Å². The summed E-state index contributed by atoms with van der Waals surface area (Å²) in [5, 5.41) is 19.6. The number of pyridine rings is 1. The summed E-state index contributed by atoms with van der Waals surface area (Å²) < 4.78 is 1.19. The van der Waals surface area contributed by atoms with E-state index < -0.39 is 6.23 Å². The molecule has 1 atom stereocenters. The number of fused-ring (bicyclic) bond motifs is 2. The molecule has 0 fully saturated rings. The Hall–Kier alpha value is -2.52. The Bertz CT molecular complexity index is 1190. The molecule has 0 saturated heterocycles. The predicted molar refractivity (Wildman–Crippen MR) is 139 cm³/mol. The first-order valence-corrected chi connectivity index (χ1v) is 13.0. The van der Waals surface area contributed by atoms with E-state index in [2.05, 4.69) is 52.6 Å². The summed E-state index contributed by atoms with van der Waals surface area (Å²) in [5.74, 6) is 0. The predicted octanol–water partition coefficient (Wildman–Crippen LogP) is 5.42. The lowest BCUT2D eigenvalue weighted by molar-refractivity contribution is 0.198. The second kappa shape index (κ2) is 9.77. The van der Waals surface area contributed by atoms with Gasteiger partial charge in [0, 0.05) is 54.9 Å². The molecule has 0 amide bonds. The van der Waals surface area contributed by atoms with Crippen molar-refractivity contribution in [2.75, 3.05) is 23.7 Å². The van der Waals surface area contributed by atoms with E-state index >= 15 is 0 Å². The Kier molecular flexibility index (Phi) is 6.59. The van der Waals surface area contributed by atoms with Crippen molar-refractivity contribution in [2.24, 2.45) is 0 Å². The van der Waals surface area contributed by atoms with Crippen molar-refractivity contribution in [2.45, 2.75) is 45.5 Å². The number of nitrogens with one attached hydrogen (secondary N) is 2. The van der Waals surface area contributed by atoms with E-state index in [0.29, 0.717) is 19.0 Å². The number of para-hydroxylation sites is 1. The number of hydrogen-bond acceptors (Lipinski definition) is 8. The summed E-state index contributed by atoms with van der Waals surface area (Å²) in [6.45, 7) is 7.17. The SMILES string of the molecule is CC(C)N1CCc2c(sc(NC(O)CCNc3cccnc3)c2-c2nc3ccccc3s2)C1. The maximum atomic E-state index is 10.8. The van der Waals surface area contributed by atoms with Crippen LogP contribution in [0.15, 0.2) is 48.8 Å². The molecule has 4 heterocycles. The number of aromatic nitrogens is 2. The van der Waals surface area contributed by atoms with Gasteiger partial charge in [-0.3, -0.25) is 9.88 Å². The van der Waals surface area contributed by atoms with E-state index in [-0.39, 0.29) is 0 Å². The van der Waals surface area contributed by atoms with Crippen molar-refractivity contribution in [3.63, 3.8) is 0 Å².